The Morgan fingerprint density at radius 2 is 1.75 bits per heavy atom. The van der Waals surface area contributed by atoms with Crippen LogP contribution in [0.3, 0.4) is 0 Å². The molecule has 1 heterocycles. The van der Waals surface area contributed by atoms with Crippen LogP contribution in [-0.2, 0) is 0 Å². The fraction of sp³-hybridized carbons (Fsp3) is 0. The highest BCUT2D eigenvalue weighted by Gasteiger charge is 2.07. The highest BCUT2D eigenvalue weighted by atomic mass is 79.9. The number of aromatic nitrogens is 2. The van der Waals surface area contributed by atoms with Crippen molar-refractivity contribution in [3.63, 3.8) is 0 Å². The number of hydrogen-bond acceptors (Lipinski definition) is 4. The maximum Gasteiger partial charge on any atom is 0.256 e. The standard InChI is InChI=1S/C15H8BrN3O/c16-12-3-1-11-8-13(4-2-10(11)7-12)20-15-14(9-17)18-5-6-19-15/h1-8H. The van der Waals surface area contributed by atoms with Crippen molar-refractivity contribution in [2.45, 2.75) is 0 Å². The van der Waals surface area contributed by atoms with Crippen LogP contribution in [0.4, 0.5) is 0 Å². The minimum atomic E-state index is 0.170. The lowest BCUT2D eigenvalue weighted by atomic mass is 10.1. The fourth-order valence-electron chi connectivity index (χ4n) is 1.85. The van der Waals surface area contributed by atoms with Crippen LogP contribution < -0.4 is 4.74 Å². The molecular formula is C15H8BrN3O. The van der Waals surface area contributed by atoms with E-state index in [1.54, 1.807) is 0 Å². The predicted molar refractivity (Wildman–Crippen MR) is 78.5 cm³/mol. The second-order valence-electron chi connectivity index (χ2n) is 4.08. The van der Waals surface area contributed by atoms with Gasteiger partial charge in [-0.05, 0) is 35.0 Å². The van der Waals surface area contributed by atoms with Gasteiger partial charge >= 0.3 is 0 Å². The van der Waals surface area contributed by atoms with Gasteiger partial charge in [0, 0.05) is 16.9 Å². The number of nitriles is 1. The first-order valence-electron chi connectivity index (χ1n) is 5.84. The largest absolute Gasteiger partial charge is 0.436 e. The molecule has 0 saturated carbocycles. The summed E-state index contributed by atoms with van der Waals surface area (Å²) in [6, 6.07) is 13.6. The predicted octanol–water partition coefficient (Wildman–Crippen LogP) is 4.06. The van der Waals surface area contributed by atoms with Gasteiger partial charge in [0.1, 0.15) is 11.8 Å². The van der Waals surface area contributed by atoms with Gasteiger partial charge in [0.2, 0.25) is 5.69 Å². The van der Waals surface area contributed by atoms with Gasteiger partial charge in [-0.25, -0.2) is 9.97 Å². The third kappa shape index (κ3) is 2.46. The van der Waals surface area contributed by atoms with E-state index in [0.717, 1.165) is 15.2 Å². The number of rotatable bonds is 2. The van der Waals surface area contributed by atoms with E-state index in [2.05, 4.69) is 25.9 Å². The van der Waals surface area contributed by atoms with Crippen molar-refractivity contribution >= 4 is 26.7 Å². The van der Waals surface area contributed by atoms with Gasteiger partial charge in [-0.2, -0.15) is 5.26 Å². The number of fused-ring (bicyclic) bond motifs is 1. The van der Waals surface area contributed by atoms with E-state index >= 15 is 0 Å². The molecule has 0 aliphatic carbocycles. The molecule has 20 heavy (non-hydrogen) atoms. The van der Waals surface area contributed by atoms with Crippen LogP contribution >= 0.6 is 15.9 Å². The first kappa shape index (κ1) is 12.6. The number of benzene rings is 2. The van der Waals surface area contributed by atoms with Crippen molar-refractivity contribution in [2.75, 3.05) is 0 Å². The summed E-state index contributed by atoms with van der Waals surface area (Å²) in [4.78, 5) is 7.94. The van der Waals surface area contributed by atoms with Crippen LogP contribution in [0.5, 0.6) is 11.6 Å². The minimum Gasteiger partial charge on any atom is -0.436 e. The van der Waals surface area contributed by atoms with Gasteiger partial charge in [0.15, 0.2) is 0 Å². The van der Waals surface area contributed by atoms with E-state index in [1.807, 2.05) is 42.5 Å². The Bertz CT molecular complexity index is 827. The Labute approximate surface area is 123 Å². The Hall–Kier alpha value is -2.45. The zero-order valence-corrected chi connectivity index (χ0v) is 11.8. The first-order valence-corrected chi connectivity index (χ1v) is 6.64. The smallest absolute Gasteiger partial charge is 0.256 e. The Kier molecular flexibility index (Phi) is 3.32. The van der Waals surface area contributed by atoms with E-state index in [0.29, 0.717) is 5.75 Å². The summed E-state index contributed by atoms with van der Waals surface area (Å²) in [5, 5.41) is 11.1. The summed E-state index contributed by atoms with van der Waals surface area (Å²) in [7, 11) is 0. The summed E-state index contributed by atoms with van der Waals surface area (Å²) in [5.41, 5.74) is 0.170. The maximum absolute atomic E-state index is 8.96. The van der Waals surface area contributed by atoms with E-state index < -0.39 is 0 Å². The second kappa shape index (κ2) is 5.27. The molecule has 0 amide bonds. The topological polar surface area (TPSA) is 58.8 Å². The third-order valence-corrected chi connectivity index (χ3v) is 3.25. The number of hydrogen-bond donors (Lipinski definition) is 0. The minimum absolute atomic E-state index is 0.170. The molecule has 96 valence electrons. The van der Waals surface area contributed by atoms with Crippen LogP contribution in [0.15, 0.2) is 53.3 Å². The molecule has 0 spiro atoms. The van der Waals surface area contributed by atoms with Crippen molar-refractivity contribution < 1.29 is 4.74 Å². The van der Waals surface area contributed by atoms with Gasteiger partial charge < -0.3 is 4.74 Å². The summed E-state index contributed by atoms with van der Waals surface area (Å²) >= 11 is 3.44. The molecule has 0 aliphatic heterocycles. The molecule has 2 aromatic carbocycles. The summed E-state index contributed by atoms with van der Waals surface area (Å²) in [6.45, 7) is 0. The number of ether oxygens (including phenoxy) is 1. The third-order valence-electron chi connectivity index (χ3n) is 2.76. The quantitative estimate of drug-likeness (QED) is 0.713. The molecule has 0 fully saturated rings. The van der Waals surface area contributed by atoms with Crippen molar-refractivity contribution in [3.05, 3.63) is 59.0 Å². The lowest BCUT2D eigenvalue weighted by molar-refractivity contribution is 0.459. The zero-order valence-electron chi connectivity index (χ0n) is 10.2. The van der Waals surface area contributed by atoms with Gasteiger partial charge in [0.25, 0.3) is 5.88 Å². The molecule has 0 N–H and O–H groups in total. The average molecular weight is 326 g/mol. The molecule has 0 saturated heterocycles. The van der Waals surface area contributed by atoms with E-state index in [9.17, 15) is 0 Å². The lowest BCUT2D eigenvalue weighted by Crippen LogP contribution is -1.93. The van der Waals surface area contributed by atoms with E-state index in [-0.39, 0.29) is 11.6 Å². The molecule has 0 unspecified atom stereocenters. The van der Waals surface area contributed by atoms with Crippen LogP contribution in [0, 0.1) is 11.3 Å². The van der Waals surface area contributed by atoms with Crippen molar-refractivity contribution in [3.8, 4) is 17.7 Å². The normalized spacial score (nSPS) is 10.2. The van der Waals surface area contributed by atoms with Gasteiger partial charge in [0.05, 0.1) is 0 Å². The SMILES string of the molecule is N#Cc1nccnc1Oc1ccc2cc(Br)ccc2c1. The molecule has 0 atom stereocenters. The van der Waals surface area contributed by atoms with Gasteiger partial charge in [-0.1, -0.05) is 28.1 Å². The molecular weight excluding hydrogens is 318 g/mol. The fourth-order valence-corrected chi connectivity index (χ4v) is 2.23. The highest BCUT2D eigenvalue weighted by molar-refractivity contribution is 9.10. The van der Waals surface area contributed by atoms with E-state index in [1.165, 1.54) is 12.4 Å². The molecule has 0 radical (unpaired) electrons. The van der Waals surface area contributed by atoms with E-state index in [4.69, 9.17) is 10.00 Å². The molecule has 0 aliphatic rings. The molecule has 5 heteroatoms. The summed E-state index contributed by atoms with van der Waals surface area (Å²) in [5.74, 6) is 0.836. The molecule has 1 aromatic heterocycles. The number of nitrogens with zero attached hydrogens (tertiary/aromatic N) is 3. The average Bonchev–Trinajstić information content (AvgIpc) is 2.48. The Morgan fingerprint density at radius 1 is 1.00 bits per heavy atom. The highest BCUT2D eigenvalue weighted by Crippen LogP contribution is 2.27. The second-order valence-corrected chi connectivity index (χ2v) is 4.99. The Balaban J connectivity index is 1.99. The molecule has 3 aromatic rings. The Morgan fingerprint density at radius 3 is 2.60 bits per heavy atom. The number of halogens is 1. The maximum atomic E-state index is 8.96. The summed E-state index contributed by atoms with van der Waals surface area (Å²) < 4.78 is 6.66. The van der Waals surface area contributed by atoms with Crippen molar-refractivity contribution in [2.24, 2.45) is 0 Å². The monoisotopic (exact) mass is 325 g/mol. The molecule has 0 bridgehead atoms. The summed E-state index contributed by atoms with van der Waals surface area (Å²) in [6.07, 6.45) is 2.96. The first-order chi connectivity index (χ1) is 9.76. The van der Waals surface area contributed by atoms with Crippen LogP contribution in [-0.4, -0.2) is 9.97 Å². The van der Waals surface area contributed by atoms with Crippen LogP contribution in [0.1, 0.15) is 5.69 Å². The molecule has 4 nitrogen and oxygen atoms in total. The zero-order chi connectivity index (χ0) is 13.9. The van der Waals surface area contributed by atoms with Gasteiger partial charge in [-0.15, -0.1) is 0 Å². The van der Waals surface area contributed by atoms with Crippen molar-refractivity contribution in [1.29, 1.82) is 5.26 Å². The lowest BCUT2D eigenvalue weighted by Gasteiger charge is -2.06. The van der Waals surface area contributed by atoms with Crippen LogP contribution in [0.2, 0.25) is 0 Å². The van der Waals surface area contributed by atoms with Crippen LogP contribution in [0.25, 0.3) is 10.8 Å². The van der Waals surface area contributed by atoms with Gasteiger partial charge in [-0.3, -0.25) is 0 Å². The molecule has 3 rings (SSSR count). The van der Waals surface area contributed by atoms with Crippen molar-refractivity contribution in [1.82, 2.24) is 9.97 Å².